The van der Waals surface area contributed by atoms with Crippen molar-refractivity contribution in [1.82, 2.24) is 10.2 Å². The van der Waals surface area contributed by atoms with Gasteiger partial charge in [0.15, 0.2) is 0 Å². The van der Waals surface area contributed by atoms with Crippen molar-refractivity contribution in [3.8, 4) is 0 Å². The maximum atomic E-state index is 3.44. The molecule has 0 spiro atoms. The lowest BCUT2D eigenvalue weighted by Gasteiger charge is -2.09. The Morgan fingerprint density at radius 2 is 2.33 bits per heavy atom. The van der Waals surface area contributed by atoms with E-state index >= 15 is 0 Å². The molecule has 52 valence electrons. The highest BCUT2D eigenvalue weighted by molar-refractivity contribution is 4.91. The molecule has 2 saturated heterocycles. The zero-order chi connectivity index (χ0) is 6.10. The molecule has 9 heavy (non-hydrogen) atoms. The van der Waals surface area contributed by atoms with Crippen LogP contribution in [0.25, 0.3) is 0 Å². The van der Waals surface area contributed by atoms with E-state index in [0.29, 0.717) is 0 Å². The molecule has 2 nitrogen and oxygen atoms in total. The molecule has 2 fully saturated rings. The van der Waals surface area contributed by atoms with Crippen LogP contribution in [0.5, 0.6) is 0 Å². The summed E-state index contributed by atoms with van der Waals surface area (Å²) in [6.07, 6.45) is 2.76. The Bertz CT molecular complexity index is 91.1. The molecule has 2 aliphatic rings. The van der Waals surface area contributed by atoms with Gasteiger partial charge in [0.25, 0.3) is 0 Å². The third kappa shape index (κ3) is 1.25. The summed E-state index contributed by atoms with van der Waals surface area (Å²) in [5, 5.41) is 3.44. The largest absolute Gasteiger partial charge is 0.315 e. The molecule has 2 unspecified atom stereocenters. The van der Waals surface area contributed by atoms with Gasteiger partial charge in [-0.15, -0.1) is 0 Å². The molecular formula is C7H14N2. The molecule has 0 aromatic heterocycles. The number of nitrogens with one attached hydrogen (secondary N) is 1. The molecular weight excluding hydrogens is 112 g/mol. The van der Waals surface area contributed by atoms with Gasteiger partial charge in [-0.05, 0) is 25.9 Å². The van der Waals surface area contributed by atoms with E-state index in [0.717, 1.165) is 6.04 Å². The van der Waals surface area contributed by atoms with E-state index < -0.39 is 0 Å². The highest BCUT2D eigenvalue weighted by atomic mass is 15.3. The number of fused-ring (bicyclic) bond motifs is 1. The standard InChI is InChI=1S/C7H14N2/c1-2-4-9-6-7(9)5-8-3-1/h7-8H,1-6H2. The summed E-state index contributed by atoms with van der Waals surface area (Å²) in [5.74, 6) is 0. The van der Waals surface area contributed by atoms with E-state index in [9.17, 15) is 0 Å². The van der Waals surface area contributed by atoms with E-state index in [-0.39, 0.29) is 0 Å². The van der Waals surface area contributed by atoms with Gasteiger partial charge in [0.2, 0.25) is 0 Å². The average Bonchev–Trinajstić information content (AvgIpc) is 2.46. The first-order valence-corrected chi connectivity index (χ1v) is 3.91. The molecule has 2 atom stereocenters. The molecule has 0 bridgehead atoms. The van der Waals surface area contributed by atoms with Crippen LogP contribution in [0.1, 0.15) is 12.8 Å². The van der Waals surface area contributed by atoms with Gasteiger partial charge in [0, 0.05) is 19.1 Å². The number of rotatable bonds is 0. The van der Waals surface area contributed by atoms with Gasteiger partial charge in [0.1, 0.15) is 0 Å². The third-order valence-corrected chi connectivity index (χ3v) is 2.26. The molecule has 2 rings (SSSR count). The fraction of sp³-hybridized carbons (Fsp3) is 1.00. The fourth-order valence-electron chi connectivity index (χ4n) is 1.52. The summed E-state index contributed by atoms with van der Waals surface area (Å²) in [6, 6.07) is 0.908. The molecule has 0 aliphatic carbocycles. The summed E-state index contributed by atoms with van der Waals surface area (Å²) < 4.78 is 0. The Hall–Kier alpha value is -0.0800. The normalized spacial score (nSPS) is 42.7. The smallest absolute Gasteiger partial charge is 0.0348 e. The van der Waals surface area contributed by atoms with Crippen LogP contribution >= 0.6 is 0 Å². The zero-order valence-electron chi connectivity index (χ0n) is 5.77. The van der Waals surface area contributed by atoms with Crippen molar-refractivity contribution in [3.05, 3.63) is 0 Å². The second kappa shape index (κ2) is 2.27. The second-order valence-corrected chi connectivity index (χ2v) is 3.06. The highest BCUT2D eigenvalue weighted by Crippen LogP contribution is 2.17. The van der Waals surface area contributed by atoms with Crippen molar-refractivity contribution in [3.63, 3.8) is 0 Å². The SMILES string of the molecule is C1CCN2CC2CNC1. The monoisotopic (exact) mass is 126 g/mol. The molecule has 0 amide bonds. The first-order valence-electron chi connectivity index (χ1n) is 3.91. The Kier molecular flexibility index (Phi) is 1.44. The van der Waals surface area contributed by atoms with E-state index in [2.05, 4.69) is 10.2 Å². The predicted molar refractivity (Wildman–Crippen MR) is 37.5 cm³/mol. The lowest BCUT2D eigenvalue weighted by atomic mass is 10.3. The molecule has 0 aromatic carbocycles. The fourth-order valence-corrected chi connectivity index (χ4v) is 1.52. The minimum Gasteiger partial charge on any atom is -0.315 e. The van der Waals surface area contributed by atoms with Crippen LogP contribution in [0.4, 0.5) is 0 Å². The van der Waals surface area contributed by atoms with Crippen LogP contribution in [0, 0.1) is 0 Å². The van der Waals surface area contributed by atoms with Crippen molar-refractivity contribution in [2.75, 3.05) is 26.2 Å². The number of nitrogens with zero attached hydrogens (tertiary/aromatic N) is 1. The topological polar surface area (TPSA) is 15.0 Å². The molecule has 2 heterocycles. The van der Waals surface area contributed by atoms with E-state index in [1.807, 2.05) is 0 Å². The quantitative estimate of drug-likeness (QED) is 0.461. The van der Waals surface area contributed by atoms with Gasteiger partial charge in [-0.25, -0.2) is 0 Å². The molecule has 2 aliphatic heterocycles. The summed E-state index contributed by atoms with van der Waals surface area (Å²) in [5.41, 5.74) is 0. The van der Waals surface area contributed by atoms with Crippen molar-refractivity contribution in [2.24, 2.45) is 0 Å². The first-order chi connectivity index (χ1) is 4.47. The van der Waals surface area contributed by atoms with Gasteiger partial charge in [-0.3, -0.25) is 4.90 Å². The molecule has 0 radical (unpaired) electrons. The molecule has 0 saturated carbocycles. The van der Waals surface area contributed by atoms with Gasteiger partial charge in [-0.1, -0.05) is 0 Å². The highest BCUT2D eigenvalue weighted by Gasteiger charge is 2.32. The van der Waals surface area contributed by atoms with Gasteiger partial charge >= 0.3 is 0 Å². The maximum Gasteiger partial charge on any atom is 0.0348 e. The van der Waals surface area contributed by atoms with Crippen molar-refractivity contribution >= 4 is 0 Å². The Balaban J connectivity index is 1.81. The summed E-state index contributed by atoms with van der Waals surface area (Å²) in [6.45, 7) is 5.18. The summed E-state index contributed by atoms with van der Waals surface area (Å²) in [7, 11) is 0. The van der Waals surface area contributed by atoms with Gasteiger partial charge in [0.05, 0.1) is 0 Å². The Morgan fingerprint density at radius 3 is 3.33 bits per heavy atom. The van der Waals surface area contributed by atoms with E-state index in [1.54, 1.807) is 0 Å². The van der Waals surface area contributed by atoms with Crippen molar-refractivity contribution < 1.29 is 0 Å². The number of hydrogen-bond donors (Lipinski definition) is 1. The molecule has 0 aromatic rings. The minimum atomic E-state index is 0.908. The van der Waals surface area contributed by atoms with Crippen LogP contribution in [0.15, 0.2) is 0 Å². The Labute approximate surface area is 56.2 Å². The van der Waals surface area contributed by atoms with Crippen LogP contribution in [-0.2, 0) is 0 Å². The molecule has 1 N–H and O–H groups in total. The van der Waals surface area contributed by atoms with Crippen molar-refractivity contribution in [1.29, 1.82) is 0 Å². The maximum absolute atomic E-state index is 3.44. The molecule has 2 heteroatoms. The van der Waals surface area contributed by atoms with Gasteiger partial charge < -0.3 is 5.32 Å². The van der Waals surface area contributed by atoms with Gasteiger partial charge in [-0.2, -0.15) is 0 Å². The predicted octanol–water partition coefficient (Wildman–Crippen LogP) is 0.0540. The van der Waals surface area contributed by atoms with Crippen LogP contribution in [0.2, 0.25) is 0 Å². The Morgan fingerprint density at radius 1 is 1.33 bits per heavy atom. The van der Waals surface area contributed by atoms with Crippen LogP contribution < -0.4 is 5.32 Å². The summed E-state index contributed by atoms with van der Waals surface area (Å²) in [4.78, 5) is 2.55. The summed E-state index contributed by atoms with van der Waals surface area (Å²) >= 11 is 0. The number of hydrogen-bond acceptors (Lipinski definition) is 2. The minimum absolute atomic E-state index is 0.908. The lowest BCUT2D eigenvalue weighted by molar-refractivity contribution is 0.434. The van der Waals surface area contributed by atoms with Crippen LogP contribution in [-0.4, -0.2) is 37.1 Å². The zero-order valence-corrected chi connectivity index (χ0v) is 5.77. The lowest BCUT2D eigenvalue weighted by Crippen LogP contribution is -2.26. The van der Waals surface area contributed by atoms with E-state index in [1.165, 1.54) is 39.0 Å². The first kappa shape index (κ1) is 5.69. The average molecular weight is 126 g/mol. The van der Waals surface area contributed by atoms with Crippen LogP contribution in [0.3, 0.4) is 0 Å². The van der Waals surface area contributed by atoms with E-state index in [4.69, 9.17) is 0 Å². The van der Waals surface area contributed by atoms with Crippen molar-refractivity contribution in [2.45, 2.75) is 18.9 Å². The third-order valence-electron chi connectivity index (χ3n) is 2.26. The second-order valence-electron chi connectivity index (χ2n) is 3.06.